The summed E-state index contributed by atoms with van der Waals surface area (Å²) in [5.41, 5.74) is 7.53. The molecule has 0 bridgehead atoms. The van der Waals surface area contributed by atoms with E-state index in [1.165, 1.54) is 12.1 Å². The highest BCUT2D eigenvalue weighted by Gasteiger charge is 2.21. The normalized spacial score (nSPS) is 32.0. The van der Waals surface area contributed by atoms with Gasteiger partial charge in [-0.25, -0.2) is 5.43 Å². The molecule has 0 saturated carbocycles. The van der Waals surface area contributed by atoms with Crippen LogP contribution in [0.5, 0.6) is 0 Å². The SMILES string of the molecule is C1=C2NNCC2CCN1. The Morgan fingerprint density at radius 2 is 2.56 bits per heavy atom. The molecule has 50 valence electrons. The van der Waals surface area contributed by atoms with Crippen LogP contribution in [0.15, 0.2) is 11.9 Å². The molecule has 0 aromatic carbocycles. The summed E-state index contributed by atoms with van der Waals surface area (Å²) in [5, 5.41) is 3.19. The predicted octanol–water partition coefficient (Wildman–Crippen LogP) is -0.455. The predicted molar refractivity (Wildman–Crippen MR) is 35.3 cm³/mol. The van der Waals surface area contributed by atoms with E-state index < -0.39 is 0 Å². The summed E-state index contributed by atoms with van der Waals surface area (Å²) < 4.78 is 0. The van der Waals surface area contributed by atoms with E-state index in [0.29, 0.717) is 0 Å². The molecular weight excluding hydrogens is 114 g/mol. The molecule has 1 saturated heterocycles. The molecule has 1 fully saturated rings. The van der Waals surface area contributed by atoms with E-state index in [1.807, 2.05) is 0 Å². The maximum absolute atomic E-state index is 3.19. The van der Waals surface area contributed by atoms with Gasteiger partial charge in [0.05, 0.1) is 0 Å². The van der Waals surface area contributed by atoms with Crippen molar-refractivity contribution in [3.63, 3.8) is 0 Å². The topological polar surface area (TPSA) is 36.1 Å². The number of rotatable bonds is 0. The zero-order chi connectivity index (χ0) is 6.10. The molecule has 0 aliphatic carbocycles. The average molecular weight is 125 g/mol. The van der Waals surface area contributed by atoms with Crippen molar-refractivity contribution in [3.8, 4) is 0 Å². The first kappa shape index (κ1) is 5.11. The molecule has 2 aliphatic heterocycles. The summed E-state index contributed by atoms with van der Waals surface area (Å²) in [7, 11) is 0. The van der Waals surface area contributed by atoms with Crippen LogP contribution >= 0.6 is 0 Å². The van der Waals surface area contributed by atoms with Gasteiger partial charge in [-0.05, 0) is 6.42 Å². The van der Waals surface area contributed by atoms with Crippen LogP contribution < -0.4 is 16.2 Å². The fourth-order valence-electron chi connectivity index (χ4n) is 1.34. The van der Waals surface area contributed by atoms with Crippen LogP contribution in [0.1, 0.15) is 6.42 Å². The lowest BCUT2D eigenvalue weighted by atomic mass is 10.0. The maximum Gasteiger partial charge on any atom is 0.0463 e. The average Bonchev–Trinajstić information content (AvgIpc) is 2.33. The molecule has 1 atom stereocenters. The highest BCUT2D eigenvalue weighted by atomic mass is 15.4. The van der Waals surface area contributed by atoms with Crippen molar-refractivity contribution >= 4 is 0 Å². The summed E-state index contributed by atoms with van der Waals surface area (Å²) in [6.45, 7) is 2.21. The molecule has 2 heterocycles. The summed E-state index contributed by atoms with van der Waals surface area (Å²) in [6, 6.07) is 0. The van der Waals surface area contributed by atoms with Gasteiger partial charge in [-0.2, -0.15) is 0 Å². The van der Waals surface area contributed by atoms with Gasteiger partial charge in [0.25, 0.3) is 0 Å². The molecule has 2 rings (SSSR count). The Balaban J connectivity index is 2.16. The highest BCUT2D eigenvalue weighted by molar-refractivity contribution is 5.10. The Labute approximate surface area is 54.5 Å². The van der Waals surface area contributed by atoms with Gasteiger partial charge in [-0.3, -0.25) is 0 Å². The van der Waals surface area contributed by atoms with Crippen molar-refractivity contribution in [2.45, 2.75) is 6.42 Å². The van der Waals surface area contributed by atoms with E-state index in [4.69, 9.17) is 0 Å². The standard InChI is InChI=1S/C6H11N3/c1-2-7-4-6-5(1)3-8-9-6/h4-5,7-9H,1-3H2. The Morgan fingerprint density at radius 1 is 1.56 bits per heavy atom. The van der Waals surface area contributed by atoms with Crippen LogP contribution in [-0.4, -0.2) is 13.1 Å². The lowest BCUT2D eigenvalue weighted by molar-refractivity contribution is 0.552. The van der Waals surface area contributed by atoms with Crippen LogP contribution in [-0.2, 0) is 0 Å². The molecule has 0 aromatic heterocycles. The van der Waals surface area contributed by atoms with Gasteiger partial charge >= 0.3 is 0 Å². The van der Waals surface area contributed by atoms with Gasteiger partial charge in [-0.15, -0.1) is 0 Å². The van der Waals surface area contributed by atoms with Crippen LogP contribution in [0.4, 0.5) is 0 Å². The molecule has 2 aliphatic rings. The molecule has 3 nitrogen and oxygen atoms in total. The lowest BCUT2D eigenvalue weighted by Crippen LogP contribution is -2.24. The quantitative estimate of drug-likeness (QED) is 0.410. The van der Waals surface area contributed by atoms with E-state index in [0.717, 1.165) is 19.0 Å². The smallest absolute Gasteiger partial charge is 0.0463 e. The van der Waals surface area contributed by atoms with Crippen molar-refractivity contribution in [1.29, 1.82) is 0 Å². The molecule has 1 unspecified atom stereocenters. The van der Waals surface area contributed by atoms with Crippen LogP contribution in [0, 0.1) is 5.92 Å². The Hall–Kier alpha value is -0.700. The van der Waals surface area contributed by atoms with Gasteiger partial charge < -0.3 is 10.7 Å². The van der Waals surface area contributed by atoms with E-state index >= 15 is 0 Å². The Morgan fingerprint density at radius 3 is 3.44 bits per heavy atom. The van der Waals surface area contributed by atoms with Crippen molar-refractivity contribution < 1.29 is 0 Å². The Kier molecular flexibility index (Phi) is 1.09. The minimum Gasteiger partial charge on any atom is -0.389 e. The highest BCUT2D eigenvalue weighted by Crippen LogP contribution is 2.16. The van der Waals surface area contributed by atoms with Crippen LogP contribution in [0.3, 0.4) is 0 Å². The van der Waals surface area contributed by atoms with E-state index in [-0.39, 0.29) is 0 Å². The van der Waals surface area contributed by atoms with Gasteiger partial charge in [-0.1, -0.05) is 0 Å². The monoisotopic (exact) mass is 125 g/mol. The number of hydrogen-bond donors (Lipinski definition) is 3. The van der Waals surface area contributed by atoms with Gasteiger partial charge in [0.1, 0.15) is 0 Å². The van der Waals surface area contributed by atoms with Crippen LogP contribution in [0.25, 0.3) is 0 Å². The first-order valence-electron chi connectivity index (χ1n) is 3.39. The van der Waals surface area contributed by atoms with Crippen molar-refractivity contribution in [1.82, 2.24) is 16.2 Å². The summed E-state index contributed by atoms with van der Waals surface area (Å²) in [4.78, 5) is 0. The van der Waals surface area contributed by atoms with Gasteiger partial charge in [0.2, 0.25) is 0 Å². The number of nitrogens with one attached hydrogen (secondary N) is 3. The number of hydrazine groups is 1. The zero-order valence-corrected chi connectivity index (χ0v) is 5.28. The van der Waals surface area contributed by atoms with Gasteiger partial charge in [0, 0.05) is 30.9 Å². The second-order valence-corrected chi connectivity index (χ2v) is 2.55. The fraction of sp³-hybridized carbons (Fsp3) is 0.667. The summed E-state index contributed by atoms with van der Waals surface area (Å²) in [6.07, 6.45) is 3.32. The zero-order valence-electron chi connectivity index (χ0n) is 5.28. The first-order valence-corrected chi connectivity index (χ1v) is 3.39. The molecule has 3 N–H and O–H groups in total. The summed E-state index contributed by atoms with van der Waals surface area (Å²) in [5.74, 6) is 0.742. The molecule has 3 heteroatoms. The third kappa shape index (κ3) is 0.772. The maximum atomic E-state index is 3.19. The van der Waals surface area contributed by atoms with Crippen LogP contribution in [0.2, 0.25) is 0 Å². The third-order valence-electron chi connectivity index (χ3n) is 1.92. The number of hydrogen-bond acceptors (Lipinski definition) is 3. The molecule has 0 spiro atoms. The van der Waals surface area contributed by atoms with E-state index in [1.54, 1.807) is 0 Å². The van der Waals surface area contributed by atoms with Crippen molar-refractivity contribution in [2.24, 2.45) is 5.92 Å². The second-order valence-electron chi connectivity index (χ2n) is 2.55. The summed E-state index contributed by atoms with van der Waals surface area (Å²) >= 11 is 0. The second kappa shape index (κ2) is 1.92. The Bertz CT molecular complexity index is 141. The van der Waals surface area contributed by atoms with E-state index in [9.17, 15) is 0 Å². The molecular formula is C6H11N3. The first-order chi connectivity index (χ1) is 4.47. The fourth-order valence-corrected chi connectivity index (χ4v) is 1.34. The van der Waals surface area contributed by atoms with Crippen molar-refractivity contribution in [3.05, 3.63) is 11.9 Å². The van der Waals surface area contributed by atoms with Crippen molar-refractivity contribution in [2.75, 3.05) is 13.1 Å². The van der Waals surface area contributed by atoms with E-state index in [2.05, 4.69) is 22.4 Å². The molecule has 0 amide bonds. The molecule has 9 heavy (non-hydrogen) atoms. The minimum absolute atomic E-state index is 0.742. The minimum atomic E-state index is 0.742. The largest absolute Gasteiger partial charge is 0.389 e. The molecule has 0 aromatic rings. The molecule has 0 radical (unpaired) electrons. The third-order valence-corrected chi connectivity index (χ3v) is 1.92. The van der Waals surface area contributed by atoms with Gasteiger partial charge in [0.15, 0.2) is 0 Å². The number of fused-ring (bicyclic) bond motifs is 1. The lowest BCUT2D eigenvalue weighted by Gasteiger charge is -2.15.